The highest BCUT2D eigenvalue weighted by Crippen LogP contribution is 2.38. The van der Waals surface area contributed by atoms with E-state index in [0.29, 0.717) is 78.6 Å². The number of alkyl halides is 9. The summed E-state index contributed by atoms with van der Waals surface area (Å²) in [6.07, 6.45) is 12.9. The standard InChI is InChI=1S/C32H32ClN5O.C27H24F3N3O.C26H20F3N5O.C26H22F3N3O2/c1-22(2)38-13-11-37(12-14-38)21-28-20-36-29(16-30(28)33)17-31(39)25-7-6-23(3)24(15-25)8-9-27-19-34-18-26-5-4-10-35-32(26)27;1-17-2-4-21(26(34)14-25-13-23(8-9-33-25)27(28,29)30)11-19(17)5-3-18-10-22(16-32-15-18)20-6-7-24(31)12-20;1-17-2-4-21(11-20(17)5-3-18-14-32-25(13-30)33-15-18)24(35)10-19-8-22(26(27,28)29)12-23(9-19)34-7-6-31-16-34;1-3-22(33)15-32-24-9-6-18(10-23(24)26(27,28)29)11-25(34)21-7-4-17(2)20(12-21)8-5-19-13-30-16-31-14-19/h4-7,10,15-16,18-20,22H,11-14,17,21H2,1-3H3;2,4,8-11,13,15-16,20,24H,6-7,12,14,31H2,1H3;2,4,6-9,11-12,14-16H,10,13,30H2,1H3;4,6-7,9-10,12-14,16,32H,3,11,15H2,1-2H3/t;20?,24-;;/m.0../s1. The molecule has 0 spiro atoms. The van der Waals surface area contributed by atoms with Crippen LogP contribution in [0.25, 0.3) is 16.6 Å². The Morgan fingerprint density at radius 3 is 1.58 bits per heavy atom. The fraction of sp³-hybridized carbons (Fsp3) is 0.252. The van der Waals surface area contributed by atoms with E-state index in [-0.39, 0.29) is 108 Å². The summed E-state index contributed by atoms with van der Waals surface area (Å²) in [5.74, 6) is 24.2. The zero-order valence-corrected chi connectivity index (χ0v) is 79.4. The van der Waals surface area contributed by atoms with Gasteiger partial charge in [0.05, 0.1) is 71.2 Å². The Bertz CT molecular complexity index is 7220. The van der Waals surface area contributed by atoms with Crippen LogP contribution < -0.4 is 16.8 Å². The lowest BCUT2D eigenvalue weighted by atomic mass is 9.97. The van der Waals surface area contributed by atoms with Crippen LogP contribution in [-0.4, -0.2) is 138 Å². The normalized spacial score (nSPS) is 13.5. The molecule has 9 heterocycles. The number of carbonyl (C=O) groups is 5. The van der Waals surface area contributed by atoms with Crippen molar-refractivity contribution < 1.29 is 63.5 Å². The van der Waals surface area contributed by atoms with Crippen molar-refractivity contribution in [1.82, 2.24) is 64.2 Å². The molecule has 14 aromatic rings. The van der Waals surface area contributed by atoms with E-state index in [2.05, 4.69) is 126 Å². The minimum atomic E-state index is -4.63. The summed E-state index contributed by atoms with van der Waals surface area (Å²) in [6, 6.07) is 38.3. The number of nitrogens with zero attached hydrogens (tertiary/aromatic N) is 13. The summed E-state index contributed by atoms with van der Waals surface area (Å²) in [5, 5.41) is 4.15. The van der Waals surface area contributed by atoms with Gasteiger partial charge in [0.25, 0.3) is 0 Å². The lowest BCUT2D eigenvalue weighted by Gasteiger charge is -2.37. The van der Waals surface area contributed by atoms with Gasteiger partial charge in [-0.2, -0.15) is 39.5 Å². The molecular weight excluding hydrogens is 1840 g/mol. The molecule has 1 unspecified atom stereocenters. The summed E-state index contributed by atoms with van der Waals surface area (Å²) < 4.78 is 121. The van der Waals surface area contributed by atoms with Gasteiger partial charge in [-0.05, 0) is 197 Å². The molecule has 1 aliphatic carbocycles. The zero-order chi connectivity index (χ0) is 101. The van der Waals surface area contributed by atoms with Gasteiger partial charge in [-0.3, -0.25) is 58.7 Å². The van der Waals surface area contributed by atoms with Gasteiger partial charge in [-0.15, -0.1) is 0 Å². The molecule has 2 fully saturated rings. The van der Waals surface area contributed by atoms with Gasteiger partial charge in [0.1, 0.15) is 12.2 Å². The number of carbonyl (C=O) groups excluding carboxylic acids is 5. The molecule has 0 bridgehead atoms. The van der Waals surface area contributed by atoms with Gasteiger partial charge >= 0.3 is 18.5 Å². The summed E-state index contributed by atoms with van der Waals surface area (Å²) in [4.78, 5) is 110. The average molecular weight is 1940 g/mol. The van der Waals surface area contributed by atoms with Crippen molar-refractivity contribution in [2.24, 2.45) is 11.5 Å². The number of nitrogens with two attached hydrogens (primary N) is 2. The number of benzene rings is 6. The SMILES string of the molecule is CCC(=O)CNc1ccc(CC(=O)c2ccc(C)c(C#Cc3cncnc3)c2)cc1C(F)(F)F.Cc1ccc(C(=O)Cc2cc(-n3ccnc3)cc(C(F)(F)F)c2)cc1C#Cc1cnc(CN)nc1.Cc1ccc(C(=O)Cc2cc(C(F)(F)F)ccn2)cc1C#Cc1cncc(C2CC[C@H](N)C2)c1.Cc1ccc(C(=O)Cc2cc(Cl)c(CN3CCN(C(C)C)CC3)cn2)cc1C#Cc1cncc2cccnc12. The maximum absolute atomic E-state index is 13.6. The maximum Gasteiger partial charge on any atom is 0.418 e. The third-order valence-electron chi connectivity index (χ3n) is 23.7. The van der Waals surface area contributed by atoms with Gasteiger partial charge in [0.15, 0.2) is 28.9 Å². The molecule has 1 saturated heterocycles. The Morgan fingerprint density at radius 2 is 1.04 bits per heavy atom. The van der Waals surface area contributed by atoms with E-state index in [1.165, 1.54) is 35.6 Å². The van der Waals surface area contributed by atoms with Crippen molar-refractivity contribution in [2.75, 3.05) is 38.0 Å². The Labute approximate surface area is 821 Å². The lowest BCUT2D eigenvalue weighted by Crippen LogP contribution is -2.48. The second kappa shape index (κ2) is 48.0. The first-order chi connectivity index (χ1) is 67.9. The number of piperazine rings is 1. The van der Waals surface area contributed by atoms with E-state index in [1.54, 1.807) is 123 Å². The van der Waals surface area contributed by atoms with Gasteiger partial charge in [-0.1, -0.05) is 120 Å². The summed E-state index contributed by atoms with van der Waals surface area (Å²) in [7, 11) is 0. The molecule has 0 radical (unpaired) electrons. The molecular formula is C111H98ClF9N16O5. The molecule has 21 nitrogen and oxygen atoms in total. The monoisotopic (exact) mass is 1940 g/mol. The Hall–Kier alpha value is -15.4. The first kappa shape index (κ1) is 104. The average Bonchev–Trinajstić information content (AvgIpc) is 1.37. The molecule has 142 heavy (non-hydrogen) atoms. The second-order valence-corrected chi connectivity index (χ2v) is 34.9. The van der Waals surface area contributed by atoms with Crippen LogP contribution in [0, 0.1) is 75.1 Å². The van der Waals surface area contributed by atoms with Crippen LogP contribution in [-0.2, 0) is 62.1 Å². The summed E-state index contributed by atoms with van der Waals surface area (Å²) in [6.45, 7) is 18.7. The van der Waals surface area contributed by atoms with Gasteiger partial charge in [0, 0.05) is 233 Å². The van der Waals surface area contributed by atoms with Crippen LogP contribution in [0.2, 0.25) is 5.02 Å². The molecule has 5 N–H and O–H groups in total. The number of halogens is 10. The number of nitrogens with one attached hydrogen (secondary N) is 1. The minimum Gasteiger partial charge on any atom is -0.377 e. The van der Waals surface area contributed by atoms with E-state index in [1.807, 2.05) is 82.6 Å². The summed E-state index contributed by atoms with van der Waals surface area (Å²) >= 11 is 6.63. The predicted molar refractivity (Wildman–Crippen MR) is 525 cm³/mol. The van der Waals surface area contributed by atoms with Crippen LogP contribution in [0.3, 0.4) is 0 Å². The number of hydrogen-bond acceptors (Lipinski definition) is 20. The van der Waals surface area contributed by atoms with Crippen LogP contribution >= 0.6 is 11.6 Å². The molecule has 722 valence electrons. The number of ketones is 5. The predicted octanol–water partition coefficient (Wildman–Crippen LogP) is 19.9. The number of rotatable bonds is 22. The van der Waals surface area contributed by atoms with E-state index < -0.39 is 35.2 Å². The van der Waals surface area contributed by atoms with Crippen molar-refractivity contribution >= 4 is 57.1 Å². The van der Waals surface area contributed by atoms with Crippen molar-refractivity contribution in [3.05, 3.63) is 389 Å². The Balaban J connectivity index is 0.000000159. The number of hydrogen-bond donors (Lipinski definition) is 3. The number of aromatic nitrogens is 11. The van der Waals surface area contributed by atoms with E-state index in [4.69, 9.17) is 23.1 Å². The number of imidazole rings is 1. The summed E-state index contributed by atoms with van der Waals surface area (Å²) in [5.41, 5.74) is 24.0. The first-order valence-corrected chi connectivity index (χ1v) is 45.9. The zero-order valence-electron chi connectivity index (χ0n) is 78.6. The van der Waals surface area contributed by atoms with Gasteiger partial charge in [0.2, 0.25) is 0 Å². The largest absolute Gasteiger partial charge is 0.418 e. The molecule has 16 rings (SSSR count). The molecule has 8 aromatic heterocycles. The quantitative estimate of drug-likeness (QED) is 0.0323. The molecule has 1 aliphatic heterocycles. The van der Waals surface area contributed by atoms with E-state index >= 15 is 0 Å². The second-order valence-electron chi connectivity index (χ2n) is 34.5. The number of Topliss-reactive ketones (excluding diaryl/α,β-unsaturated/α-hetero) is 5. The molecule has 2 atom stereocenters. The van der Waals surface area contributed by atoms with E-state index in [9.17, 15) is 63.5 Å². The van der Waals surface area contributed by atoms with Crippen LogP contribution in [0.15, 0.2) is 239 Å². The maximum atomic E-state index is 13.6. The number of aryl methyl sites for hydroxylation is 4. The lowest BCUT2D eigenvalue weighted by molar-refractivity contribution is -0.138. The topological polar surface area (TPSA) is 290 Å². The molecule has 31 heteroatoms. The minimum absolute atomic E-state index is 0.0207. The third kappa shape index (κ3) is 29.4. The van der Waals surface area contributed by atoms with Gasteiger partial charge in [-0.25, -0.2) is 24.9 Å². The van der Waals surface area contributed by atoms with E-state index in [0.717, 1.165) is 149 Å². The number of anilines is 1. The number of fused-ring (bicyclic) bond motifs is 1. The van der Waals surface area contributed by atoms with Crippen LogP contribution in [0.1, 0.15) is 217 Å². The molecule has 0 amide bonds. The molecule has 2 aliphatic rings. The first-order valence-electron chi connectivity index (χ1n) is 45.5. The fourth-order valence-electron chi connectivity index (χ4n) is 15.5. The van der Waals surface area contributed by atoms with Gasteiger partial charge < -0.3 is 21.4 Å². The van der Waals surface area contributed by atoms with Crippen molar-refractivity contribution in [2.45, 2.75) is 149 Å². The van der Waals surface area contributed by atoms with Crippen LogP contribution in [0.4, 0.5) is 45.2 Å². The molecule has 1 saturated carbocycles. The van der Waals surface area contributed by atoms with Crippen molar-refractivity contribution in [3.8, 4) is 53.1 Å². The van der Waals surface area contributed by atoms with Crippen LogP contribution in [0.5, 0.6) is 0 Å². The highest BCUT2D eigenvalue weighted by Gasteiger charge is 2.36. The van der Waals surface area contributed by atoms with Crippen molar-refractivity contribution in [3.63, 3.8) is 0 Å². The highest BCUT2D eigenvalue weighted by atomic mass is 35.5. The third-order valence-corrected chi connectivity index (χ3v) is 24.1. The Morgan fingerprint density at radius 1 is 0.493 bits per heavy atom. The smallest absolute Gasteiger partial charge is 0.377 e. The Kier molecular flexibility index (Phi) is 35.1. The van der Waals surface area contributed by atoms with Crippen molar-refractivity contribution in [1.29, 1.82) is 0 Å². The number of pyridine rings is 5. The highest BCUT2D eigenvalue weighted by molar-refractivity contribution is 6.31. The molecule has 6 aromatic carbocycles. The fourth-order valence-corrected chi connectivity index (χ4v) is 15.7.